The number of nitrogens with one attached hydrogen (secondary N) is 1. The van der Waals surface area contributed by atoms with E-state index in [1.165, 1.54) is 0 Å². The molecule has 0 radical (unpaired) electrons. The Labute approximate surface area is 84.0 Å². The third kappa shape index (κ3) is 4.06. The Balaban J connectivity index is 2.36. The van der Waals surface area contributed by atoms with Crippen LogP contribution in [0.2, 0.25) is 0 Å². The molecule has 1 unspecified atom stereocenters. The van der Waals surface area contributed by atoms with Crippen LogP contribution in [0.1, 0.15) is 19.3 Å². The van der Waals surface area contributed by atoms with Gasteiger partial charge in [-0.05, 0) is 19.4 Å². The second-order valence-corrected chi connectivity index (χ2v) is 5.85. The van der Waals surface area contributed by atoms with Gasteiger partial charge in [0, 0.05) is 12.5 Å². The van der Waals surface area contributed by atoms with Crippen molar-refractivity contribution in [1.29, 1.82) is 0 Å². The summed E-state index contributed by atoms with van der Waals surface area (Å²) in [6.07, 6.45) is 1.85. The lowest BCUT2D eigenvalue weighted by atomic mass is 10.3. The van der Waals surface area contributed by atoms with Crippen LogP contribution in [-0.4, -0.2) is 38.4 Å². The normalized spacial score (nSPS) is 22.4. The number of carbonyl (C=O) groups excluding carboxylic acids is 1. The lowest BCUT2D eigenvalue weighted by Crippen LogP contribution is -2.31. The summed E-state index contributed by atoms with van der Waals surface area (Å²) >= 11 is 0. The SMILES string of the molecule is NC(=O)CCS(=O)(=O)CC1CCCN1. The first-order chi connectivity index (χ1) is 6.49. The van der Waals surface area contributed by atoms with E-state index in [0.29, 0.717) is 0 Å². The van der Waals surface area contributed by atoms with Crippen molar-refractivity contribution in [2.24, 2.45) is 5.73 Å². The van der Waals surface area contributed by atoms with Crippen LogP contribution in [0.5, 0.6) is 0 Å². The highest BCUT2D eigenvalue weighted by Gasteiger charge is 2.22. The predicted octanol–water partition coefficient (Wildman–Crippen LogP) is -0.971. The van der Waals surface area contributed by atoms with Crippen molar-refractivity contribution in [3.05, 3.63) is 0 Å². The van der Waals surface area contributed by atoms with Gasteiger partial charge in [0.25, 0.3) is 0 Å². The van der Waals surface area contributed by atoms with Crippen molar-refractivity contribution in [1.82, 2.24) is 5.32 Å². The monoisotopic (exact) mass is 220 g/mol. The zero-order valence-electron chi connectivity index (χ0n) is 8.03. The Bertz CT molecular complexity index is 294. The van der Waals surface area contributed by atoms with Gasteiger partial charge >= 0.3 is 0 Å². The molecule has 14 heavy (non-hydrogen) atoms. The van der Waals surface area contributed by atoms with Gasteiger partial charge < -0.3 is 11.1 Å². The number of sulfone groups is 1. The van der Waals surface area contributed by atoms with Crippen LogP contribution in [-0.2, 0) is 14.6 Å². The fourth-order valence-electron chi connectivity index (χ4n) is 1.54. The minimum atomic E-state index is -3.12. The van der Waals surface area contributed by atoms with Crippen LogP contribution in [0, 0.1) is 0 Å². The molecule has 1 saturated heterocycles. The maximum atomic E-state index is 11.4. The van der Waals surface area contributed by atoms with Crippen molar-refractivity contribution in [2.45, 2.75) is 25.3 Å². The van der Waals surface area contributed by atoms with Crippen molar-refractivity contribution in [2.75, 3.05) is 18.1 Å². The summed E-state index contributed by atoms with van der Waals surface area (Å²) in [4.78, 5) is 10.4. The van der Waals surface area contributed by atoms with Crippen LogP contribution >= 0.6 is 0 Å². The molecule has 0 aromatic carbocycles. The van der Waals surface area contributed by atoms with E-state index in [9.17, 15) is 13.2 Å². The van der Waals surface area contributed by atoms with Gasteiger partial charge in [-0.25, -0.2) is 8.42 Å². The Hall–Kier alpha value is -0.620. The van der Waals surface area contributed by atoms with Gasteiger partial charge in [0.15, 0.2) is 9.84 Å². The number of primary amides is 1. The molecule has 0 aliphatic carbocycles. The third-order valence-corrected chi connectivity index (χ3v) is 4.01. The van der Waals surface area contributed by atoms with E-state index in [0.717, 1.165) is 19.4 Å². The molecule has 0 spiro atoms. The summed E-state index contributed by atoms with van der Waals surface area (Å²) in [5.74, 6) is -0.561. The number of carbonyl (C=O) groups is 1. The first-order valence-corrected chi connectivity index (χ1v) is 6.54. The molecule has 1 atom stereocenters. The number of hydrogen-bond donors (Lipinski definition) is 2. The summed E-state index contributed by atoms with van der Waals surface area (Å²) in [6.45, 7) is 0.885. The van der Waals surface area contributed by atoms with Crippen molar-refractivity contribution in [3.63, 3.8) is 0 Å². The zero-order valence-corrected chi connectivity index (χ0v) is 8.85. The van der Waals surface area contributed by atoms with Crippen molar-refractivity contribution in [3.8, 4) is 0 Å². The molecular formula is C8H16N2O3S. The van der Waals surface area contributed by atoms with E-state index in [4.69, 9.17) is 5.73 Å². The fraction of sp³-hybridized carbons (Fsp3) is 0.875. The van der Waals surface area contributed by atoms with Crippen LogP contribution in [0.3, 0.4) is 0 Å². The molecule has 1 aliphatic heterocycles. The van der Waals surface area contributed by atoms with Gasteiger partial charge in [0.1, 0.15) is 0 Å². The van der Waals surface area contributed by atoms with E-state index in [-0.39, 0.29) is 24.0 Å². The summed E-state index contributed by atoms with van der Waals surface area (Å²) in [7, 11) is -3.12. The molecule has 6 heteroatoms. The van der Waals surface area contributed by atoms with Crippen LogP contribution in [0.25, 0.3) is 0 Å². The molecule has 0 saturated carbocycles. The fourth-order valence-corrected chi connectivity index (χ4v) is 3.12. The quantitative estimate of drug-likeness (QED) is 0.624. The lowest BCUT2D eigenvalue weighted by molar-refractivity contribution is -0.117. The van der Waals surface area contributed by atoms with E-state index in [1.54, 1.807) is 0 Å². The van der Waals surface area contributed by atoms with Crippen molar-refractivity contribution < 1.29 is 13.2 Å². The lowest BCUT2D eigenvalue weighted by Gasteiger charge is -2.09. The Morgan fingerprint density at radius 2 is 2.21 bits per heavy atom. The van der Waals surface area contributed by atoms with Gasteiger partial charge in [-0.2, -0.15) is 0 Å². The van der Waals surface area contributed by atoms with Gasteiger partial charge in [0.2, 0.25) is 5.91 Å². The molecule has 1 amide bonds. The number of amides is 1. The molecule has 5 nitrogen and oxygen atoms in total. The van der Waals surface area contributed by atoms with Crippen LogP contribution in [0.15, 0.2) is 0 Å². The van der Waals surface area contributed by atoms with Gasteiger partial charge in [-0.15, -0.1) is 0 Å². The molecule has 0 bridgehead atoms. The van der Waals surface area contributed by atoms with Gasteiger partial charge in [-0.3, -0.25) is 4.79 Å². The third-order valence-electron chi connectivity index (χ3n) is 2.28. The molecule has 0 aromatic rings. The van der Waals surface area contributed by atoms with E-state index >= 15 is 0 Å². The highest BCUT2D eigenvalue weighted by molar-refractivity contribution is 7.91. The summed E-state index contributed by atoms with van der Waals surface area (Å²) in [5.41, 5.74) is 4.89. The Morgan fingerprint density at radius 1 is 1.50 bits per heavy atom. The first kappa shape index (κ1) is 11.5. The summed E-state index contributed by atoms with van der Waals surface area (Å²) in [6, 6.07) is 0.0628. The first-order valence-electron chi connectivity index (χ1n) is 4.72. The topological polar surface area (TPSA) is 89.3 Å². The van der Waals surface area contributed by atoms with E-state index in [1.807, 2.05) is 0 Å². The zero-order chi connectivity index (χ0) is 10.6. The smallest absolute Gasteiger partial charge is 0.218 e. The number of rotatable bonds is 5. The molecule has 3 N–H and O–H groups in total. The summed E-state index contributed by atoms with van der Waals surface area (Å²) in [5, 5.41) is 3.10. The highest BCUT2D eigenvalue weighted by atomic mass is 32.2. The number of nitrogens with two attached hydrogens (primary N) is 1. The molecule has 1 fully saturated rings. The second-order valence-electron chi connectivity index (χ2n) is 3.62. The molecule has 82 valence electrons. The molecule has 1 heterocycles. The van der Waals surface area contributed by atoms with Crippen LogP contribution < -0.4 is 11.1 Å². The predicted molar refractivity (Wildman–Crippen MR) is 53.5 cm³/mol. The Kier molecular flexibility index (Phi) is 3.88. The maximum absolute atomic E-state index is 11.4. The largest absolute Gasteiger partial charge is 0.370 e. The standard InChI is InChI=1S/C8H16N2O3S/c9-8(11)3-5-14(12,13)6-7-2-1-4-10-7/h7,10H,1-6H2,(H2,9,11). The molecular weight excluding hydrogens is 204 g/mol. The Morgan fingerprint density at radius 3 is 2.71 bits per heavy atom. The van der Waals surface area contributed by atoms with Gasteiger partial charge in [0.05, 0.1) is 11.5 Å². The molecule has 1 rings (SSSR count). The number of hydrogen-bond acceptors (Lipinski definition) is 4. The molecule has 1 aliphatic rings. The van der Waals surface area contributed by atoms with Crippen LogP contribution in [0.4, 0.5) is 0 Å². The maximum Gasteiger partial charge on any atom is 0.218 e. The highest BCUT2D eigenvalue weighted by Crippen LogP contribution is 2.08. The van der Waals surface area contributed by atoms with Crippen molar-refractivity contribution >= 4 is 15.7 Å². The van der Waals surface area contributed by atoms with E-state index in [2.05, 4.69) is 5.32 Å². The average molecular weight is 220 g/mol. The average Bonchev–Trinajstić information content (AvgIpc) is 2.53. The minimum Gasteiger partial charge on any atom is -0.370 e. The summed E-state index contributed by atoms with van der Waals surface area (Å²) < 4.78 is 22.9. The van der Waals surface area contributed by atoms with E-state index < -0.39 is 15.7 Å². The van der Waals surface area contributed by atoms with Gasteiger partial charge in [-0.1, -0.05) is 0 Å². The minimum absolute atomic E-state index is 0.0628. The second kappa shape index (κ2) is 4.75. The molecule has 0 aromatic heterocycles.